The summed E-state index contributed by atoms with van der Waals surface area (Å²) in [5.74, 6) is 2.66. The van der Waals surface area contributed by atoms with E-state index in [0.717, 1.165) is 63.4 Å². The number of hydrogen-bond acceptors (Lipinski definition) is 5. The van der Waals surface area contributed by atoms with Crippen LogP contribution in [0.1, 0.15) is 84.5 Å². The fourth-order valence-corrected chi connectivity index (χ4v) is 8.35. The number of fused-ring (bicyclic) bond motifs is 5. The second kappa shape index (κ2) is 9.40. The molecule has 9 unspecified atom stereocenters. The molecule has 5 aliphatic rings. The number of rotatable bonds is 1. The molecule has 0 aromatic carbocycles. The molecule has 2 heterocycles. The van der Waals surface area contributed by atoms with Gasteiger partial charge in [-0.3, -0.25) is 4.90 Å². The van der Waals surface area contributed by atoms with Gasteiger partial charge in [-0.1, -0.05) is 13.3 Å². The van der Waals surface area contributed by atoms with E-state index in [0.29, 0.717) is 17.3 Å². The minimum Gasteiger partial charge on any atom is -0.393 e. The highest BCUT2D eigenvalue weighted by atomic mass is 16.5. The Morgan fingerprint density at radius 3 is 2.42 bits per heavy atom. The highest BCUT2D eigenvalue weighted by molar-refractivity contribution is 5.55. The van der Waals surface area contributed by atoms with Gasteiger partial charge >= 0.3 is 0 Å². The van der Waals surface area contributed by atoms with Crippen molar-refractivity contribution in [2.75, 3.05) is 20.2 Å². The first kappa shape index (κ1) is 23.7. The number of nitrogens with zero attached hydrogens (tertiary/aromatic N) is 1. The molecular weight excluding hydrogens is 390 g/mol. The molecule has 3 saturated carbocycles. The minimum atomic E-state index is -0.153. The average molecular weight is 436 g/mol. The Morgan fingerprint density at radius 1 is 0.935 bits per heavy atom. The van der Waals surface area contributed by atoms with Crippen molar-refractivity contribution in [2.24, 2.45) is 29.1 Å². The van der Waals surface area contributed by atoms with Crippen molar-refractivity contribution in [3.63, 3.8) is 0 Å². The topological polar surface area (TPSA) is 70.0 Å². The molecule has 0 aromatic rings. The largest absolute Gasteiger partial charge is 0.393 e. The van der Waals surface area contributed by atoms with Crippen molar-refractivity contribution < 1.29 is 19.7 Å². The lowest BCUT2D eigenvalue weighted by Crippen LogP contribution is -2.65. The number of β-amino-alcohol motifs (C(OH)–C–C–N with tert-alkyl or cyclic N) is 1. The van der Waals surface area contributed by atoms with E-state index < -0.39 is 0 Å². The van der Waals surface area contributed by atoms with Crippen LogP contribution >= 0.6 is 0 Å². The quantitative estimate of drug-likeness (QED) is 0.613. The lowest BCUT2D eigenvalue weighted by atomic mass is 9.44. The first-order valence-corrected chi connectivity index (χ1v) is 12.9. The summed E-state index contributed by atoms with van der Waals surface area (Å²) < 4.78 is 5.06. The predicted molar refractivity (Wildman–Crippen MR) is 122 cm³/mol. The molecule has 2 N–H and O–H groups in total. The lowest BCUT2D eigenvalue weighted by molar-refractivity contribution is -0.170. The monoisotopic (exact) mass is 435 g/mol. The van der Waals surface area contributed by atoms with Gasteiger partial charge in [0.15, 0.2) is 0 Å². The van der Waals surface area contributed by atoms with E-state index in [2.05, 4.69) is 25.8 Å². The number of hydrogen-bond donors (Lipinski definition) is 2. The first-order chi connectivity index (χ1) is 14.8. The molecule has 2 saturated heterocycles. The number of carbonyl (C=O) groups is 1. The van der Waals surface area contributed by atoms with Crippen LogP contribution in [-0.4, -0.2) is 65.4 Å². The van der Waals surface area contributed by atoms with Gasteiger partial charge in [-0.2, -0.15) is 0 Å². The Balaban J connectivity index is 0.000000245. The summed E-state index contributed by atoms with van der Waals surface area (Å²) in [6, 6.07) is 0. The van der Waals surface area contributed by atoms with Crippen molar-refractivity contribution in [3.8, 4) is 0 Å². The first-order valence-electron chi connectivity index (χ1n) is 12.9. The van der Waals surface area contributed by atoms with Gasteiger partial charge in [-0.15, -0.1) is 0 Å². The Kier molecular flexibility index (Phi) is 7.18. The van der Waals surface area contributed by atoms with Gasteiger partial charge in [-0.05, 0) is 107 Å². The SMILES string of the molecule is CN1CC(O)CC2C3CCC4C(O)CCCC4(C)C3CCC21C.O=CC1CCCCO1. The van der Waals surface area contributed by atoms with Crippen molar-refractivity contribution in [2.45, 2.75) is 108 Å². The molecule has 5 nitrogen and oxygen atoms in total. The molecule has 0 radical (unpaired) electrons. The third kappa shape index (κ3) is 4.37. The highest BCUT2D eigenvalue weighted by Gasteiger charge is 2.59. The Hall–Kier alpha value is -0.490. The van der Waals surface area contributed by atoms with E-state index in [9.17, 15) is 15.0 Å². The Morgan fingerprint density at radius 2 is 1.74 bits per heavy atom. The summed E-state index contributed by atoms with van der Waals surface area (Å²) in [5, 5.41) is 21.0. The second-order valence-corrected chi connectivity index (χ2v) is 11.7. The average Bonchev–Trinajstić information content (AvgIpc) is 2.76. The van der Waals surface area contributed by atoms with E-state index in [1.165, 1.54) is 38.5 Å². The van der Waals surface area contributed by atoms with Crippen LogP contribution in [0.3, 0.4) is 0 Å². The van der Waals surface area contributed by atoms with Crippen molar-refractivity contribution in [3.05, 3.63) is 0 Å². The van der Waals surface area contributed by atoms with Crippen LogP contribution in [0.25, 0.3) is 0 Å². The van der Waals surface area contributed by atoms with Gasteiger partial charge in [0.2, 0.25) is 0 Å². The van der Waals surface area contributed by atoms with E-state index in [1.54, 1.807) is 0 Å². The van der Waals surface area contributed by atoms with E-state index in [4.69, 9.17) is 4.74 Å². The molecule has 3 aliphatic carbocycles. The summed E-state index contributed by atoms with van der Waals surface area (Å²) in [4.78, 5) is 12.5. The number of carbonyl (C=O) groups excluding carboxylic acids is 1. The molecule has 5 rings (SSSR count). The maximum Gasteiger partial charge on any atom is 0.148 e. The molecule has 0 bridgehead atoms. The fourth-order valence-electron chi connectivity index (χ4n) is 8.35. The molecule has 5 fully saturated rings. The van der Waals surface area contributed by atoms with Crippen LogP contribution in [0, 0.1) is 29.1 Å². The molecule has 2 aliphatic heterocycles. The van der Waals surface area contributed by atoms with Crippen molar-refractivity contribution >= 4 is 6.29 Å². The zero-order chi connectivity index (χ0) is 22.2. The molecule has 31 heavy (non-hydrogen) atoms. The second-order valence-electron chi connectivity index (χ2n) is 11.7. The number of likely N-dealkylation sites (tertiary alicyclic amines) is 1. The summed E-state index contributed by atoms with van der Waals surface area (Å²) in [6.07, 6.45) is 13.3. The van der Waals surface area contributed by atoms with Crippen LogP contribution < -0.4 is 0 Å². The Bertz CT molecular complexity index is 623. The van der Waals surface area contributed by atoms with Gasteiger partial charge in [0.25, 0.3) is 0 Å². The van der Waals surface area contributed by atoms with Gasteiger partial charge in [-0.25, -0.2) is 0 Å². The maximum absolute atomic E-state index is 10.6. The van der Waals surface area contributed by atoms with Crippen molar-refractivity contribution in [1.29, 1.82) is 0 Å². The molecule has 0 aromatic heterocycles. The molecule has 5 heteroatoms. The standard InChI is InChI=1S/C20H35NO2.C6H10O2/c1-19-9-4-5-18(23)16(19)7-6-14-15(19)8-10-20(2)17(14)11-13(22)12-21(20)3;7-5-6-3-1-2-4-8-6/h13-18,22-23H,4-12H2,1-3H3;5-6H,1-4H2. The van der Waals surface area contributed by atoms with Crippen LogP contribution in [0.5, 0.6) is 0 Å². The Labute approximate surface area is 188 Å². The van der Waals surface area contributed by atoms with E-state index in [1.807, 2.05) is 0 Å². The normalized spacial score (nSPS) is 50.2. The van der Waals surface area contributed by atoms with Gasteiger partial charge in [0.1, 0.15) is 12.4 Å². The van der Waals surface area contributed by atoms with E-state index >= 15 is 0 Å². The number of aliphatic hydroxyl groups is 2. The molecule has 178 valence electrons. The van der Waals surface area contributed by atoms with Crippen LogP contribution in [0.4, 0.5) is 0 Å². The molecule has 0 spiro atoms. The highest BCUT2D eigenvalue weighted by Crippen LogP contribution is 2.63. The van der Waals surface area contributed by atoms with Gasteiger partial charge < -0.3 is 19.7 Å². The van der Waals surface area contributed by atoms with Crippen LogP contribution in [0.2, 0.25) is 0 Å². The number of piperidine rings is 1. The predicted octanol–water partition coefficient (Wildman–Crippen LogP) is 3.80. The molecule has 9 atom stereocenters. The number of aldehydes is 1. The fraction of sp³-hybridized carbons (Fsp3) is 0.962. The van der Waals surface area contributed by atoms with E-state index in [-0.39, 0.29) is 23.9 Å². The third-order valence-electron chi connectivity index (χ3n) is 10.2. The number of likely N-dealkylation sites (N-methyl/N-ethyl adjacent to an activating group) is 1. The summed E-state index contributed by atoms with van der Waals surface area (Å²) >= 11 is 0. The van der Waals surface area contributed by atoms with Crippen LogP contribution in [0.15, 0.2) is 0 Å². The maximum atomic E-state index is 10.6. The zero-order valence-electron chi connectivity index (χ0n) is 20.0. The molecule has 0 amide bonds. The zero-order valence-corrected chi connectivity index (χ0v) is 20.0. The third-order valence-corrected chi connectivity index (χ3v) is 10.2. The number of ether oxygens (including phenoxy) is 1. The summed E-state index contributed by atoms with van der Waals surface area (Å²) in [6.45, 7) is 6.54. The minimum absolute atomic E-state index is 0.0670. The molecular formula is C26H45NO4. The van der Waals surface area contributed by atoms with Crippen molar-refractivity contribution in [1.82, 2.24) is 4.90 Å². The summed E-state index contributed by atoms with van der Waals surface area (Å²) in [5.41, 5.74) is 0.611. The summed E-state index contributed by atoms with van der Waals surface area (Å²) in [7, 11) is 2.22. The van der Waals surface area contributed by atoms with Crippen LogP contribution in [-0.2, 0) is 9.53 Å². The van der Waals surface area contributed by atoms with Gasteiger partial charge in [0.05, 0.1) is 12.2 Å². The lowest BCUT2D eigenvalue weighted by Gasteiger charge is -2.64. The number of aliphatic hydroxyl groups excluding tert-OH is 2. The smallest absolute Gasteiger partial charge is 0.148 e. The van der Waals surface area contributed by atoms with Gasteiger partial charge in [0, 0.05) is 18.7 Å².